The lowest BCUT2D eigenvalue weighted by atomic mass is 10.0. The maximum atomic E-state index is 12.3. The molecule has 0 saturated heterocycles. The zero-order valence-corrected chi connectivity index (χ0v) is 15.1. The Labute approximate surface area is 156 Å². The fourth-order valence-corrected chi connectivity index (χ4v) is 3.30. The minimum atomic E-state index is -0.212. The van der Waals surface area contributed by atoms with Crippen LogP contribution >= 0.6 is 22.9 Å². The van der Waals surface area contributed by atoms with Crippen LogP contribution in [-0.2, 0) is 16.1 Å². The number of hydrogen-bond acceptors (Lipinski definition) is 3. The molecule has 25 heavy (non-hydrogen) atoms. The van der Waals surface area contributed by atoms with E-state index in [0.29, 0.717) is 11.6 Å². The first-order valence-corrected chi connectivity index (χ1v) is 9.23. The van der Waals surface area contributed by atoms with E-state index in [1.54, 1.807) is 11.3 Å². The molecule has 3 rings (SSSR count). The number of rotatable bonds is 7. The lowest BCUT2D eigenvalue weighted by Gasteiger charge is -2.18. The summed E-state index contributed by atoms with van der Waals surface area (Å²) in [5.41, 5.74) is 3.07. The smallest absolute Gasteiger partial charge is 0.246 e. The second-order valence-corrected chi connectivity index (χ2v) is 6.80. The zero-order chi connectivity index (χ0) is 17.5. The number of halogens is 1. The molecular formula is C20H18ClNO2S. The minimum absolute atomic E-state index is 0.0170. The van der Waals surface area contributed by atoms with E-state index >= 15 is 0 Å². The molecule has 1 N–H and O–H groups in total. The summed E-state index contributed by atoms with van der Waals surface area (Å²) in [5.74, 6) is -0.151. The Bertz CT molecular complexity index is 788. The van der Waals surface area contributed by atoms with E-state index in [-0.39, 0.29) is 18.6 Å². The molecule has 0 spiro atoms. The van der Waals surface area contributed by atoms with Gasteiger partial charge >= 0.3 is 0 Å². The molecular weight excluding hydrogens is 354 g/mol. The third-order valence-electron chi connectivity index (χ3n) is 3.73. The van der Waals surface area contributed by atoms with Gasteiger partial charge in [-0.15, -0.1) is 0 Å². The van der Waals surface area contributed by atoms with Crippen molar-refractivity contribution in [3.8, 4) is 0 Å². The van der Waals surface area contributed by atoms with E-state index in [1.165, 1.54) is 0 Å². The van der Waals surface area contributed by atoms with Crippen LogP contribution in [0.5, 0.6) is 0 Å². The third-order valence-corrected chi connectivity index (χ3v) is 4.68. The van der Waals surface area contributed by atoms with E-state index in [0.717, 1.165) is 16.7 Å². The molecule has 128 valence electrons. The van der Waals surface area contributed by atoms with Crippen molar-refractivity contribution in [2.75, 3.05) is 6.61 Å². The van der Waals surface area contributed by atoms with Crippen LogP contribution in [0, 0.1) is 0 Å². The molecule has 1 amide bonds. The van der Waals surface area contributed by atoms with E-state index in [1.807, 2.05) is 71.4 Å². The van der Waals surface area contributed by atoms with E-state index in [4.69, 9.17) is 16.3 Å². The number of nitrogens with one attached hydrogen (secondary N) is 1. The summed E-state index contributed by atoms with van der Waals surface area (Å²) in [7, 11) is 0. The lowest BCUT2D eigenvalue weighted by molar-refractivity contribution is -0.126. The Morgan fingerprint density at radius 3 is 2.48 bits per heavy atom. The number of carbonyl (C=O) groups excluding carboxylic acids is 1. The van der Waals surface area contributed by atoms with Gasteiger partial charge in [-0.1, -0.05) is 54.1 Å². The van der Waals surface area contributed by atoms with Gasteiger partial charge in [0.25, 0.3) is 0 Å². The monoisotopic (exact) mass is 371 g/mol. The van der Waals surface area contributed by atoms with Gasteiger partial charge in [0.15, 0.2) is 0 Å². The summed E-state index contributed by atoms with van der Waals surface area (Å²) >= 11 is 7.57. The second-order valence-electron chi connectivity index (χ2n) is 5.59. The SMILES string of the molecule is O=C(COCc1ccccc1)NC(c1ccc(Cl)cc1)c1ccsc1. The number of amides is 1. The van der Waals surface area contributed by atoms with Gasteiger partial charge in [-0.3, -0.25) is 4.79 Å². The molecule has 0 aliphatic rings. The number of ether oxygens (including phenoxy) is 1. The number of thiophene rings is 1. The van der Waals surface area contributed by atoms with Crippen LogP contribution in [0.15, 0.2) is 71.4 Å². The van der Waals surface area contributed by atoms with Gasteiger partial charge in [-0.05, 0) is 45.6 Å². The van der Waals surface area contributed by atoms with Crippen molar-refractivity contribution >= 4 is 28.8 Å². The highest BCUT2D eigenvalue weighted by Gasteiger charge is 2.17. The highest BCUT2D eigenvalue weighted by Crippen LogP contribution is 2.25. The lowest BCUT2D eigenvalue weighted by Crippen LogP contribution is -2.32. The van der Waals surface area contributed by atoms with E-state index < -0.39 is 0 Å². The largest absolute Gasteiger partial charge is 0.367 e. The van der Waals surface area contributed by atoms with E-state index in [2.05, 4.69) is 5.32 Å². The van der Waals surface area contributed by atoms with Crippen molar-refractivity contribution in [3.63, 3.8) is 0 Å². The standard InChI is InChI=1S/C20H18ClNO2S/c21-18-8-6-16(7-9-18)20(17-10-11-25-14-17)22-19(23)13-24-12-15-4-2-1-3-5-15/h1-11,14,20H,12-13H2,(H,22,23). The Morgan fingerprint density at radius 1 is 1.04 bits per heavy atom. The summed E-state index contributed by atoms with van der Waals surface area (Å²) in [6, 6.07) is 19.1. The molecule has 0 saturated carbocycles. The number of hydrogen-bond donors (Lipinski definition) is 1. The predicted octanol–water partition coefficient (Wildman–Crippen LogP) is 4.82. The van der Waals surface area contributed by atoms with Crippen LogP contribution in [0.2, 0.25) is 5.02 Å². The molecule has 2 aromatic carbocycles. The molecule has 0 bridgehead atoms. The van der Waals surface area contributed by atoms with Crippen LogP contribution in [0.1, 0.15) is 22.7 Å². The summed E-state index contributed by atoms with van der Waals surface area (Å²) < 4.78 is 5.52. The van der Waals surface area contributed by atoms with Gasteiger partial charge in [0, 0.05) is 5.02 Å². The first-order valence-electron chi connectivity index (χ1n) is 7.91. The maximum Gasteiger partial charge on any atom is 0.246 e. The predicted molar refractivity (Wildman–Crippen MR) is 102 cm³/mol. The van der Waals surface area contributed by atoms with Gasteiger partial charge in [0.05, 0.1) is 12.6 Å². The van der Waals surface area contributed by atoms with Crippen molar-refractivity contribution in [3.05, 3.63) is 93.1 Å². The van der Waals surface area contributed by atoms with E-state index in [9.17, 15) is 4.79 Å². The van der Waals surface area contributed by atoms with Crippen LogP contribution < -0.4 is 5.32 Å². The van der Waals surface area contributed by atoms with Gasteiger partial charge in [-0.25, -0.2) is 0 Å². The highest BCUT2D eigenvalue weighted by molar-refractivity contribution is 7.08. The number of carbonyl (C=O) groups is 1. The molecule has 1 heterocycles. The first kappa shape index (κ1) is 17.7. The summed E-state index contributed by atoms with van der Waals surface area (Å²) in [4.78, 5) is 12.3. The summed E-state index contributed by atoms with van der Waals surface area (Å²) in [6.45, 7) is 0.432. The second kappa shape index (κ2) is 8.81. The fraction of sp³-hybridized carbons (Fsp3) is 0.150. The van der Waals surface area contributed by atoms with Crippen molar-refractivity contribution in [2.45, 2.75) is 12.6 Å². The molecule has 0 radical (unpaired) electrons. The molecule has 1 atom stereocenters. The quantitative estimate of drug-likeness (QED) is 0.646. The summed E-state index contributed by atoms with van der Waals surface area (Å²) in [5, 5.41) is 7.74. The van der Waals surface area contributed by atoms with Gasteiger partial charge in [-0.2, -0.15) is 11.3 Å². The highest BCUT2D eigenvalue weighted by atomic mass is 35.5. The third kappa shape index (κ3) is 5.16. The van der Waals surface area contributed by atoms with Crippen LogP contribution in [0.4, 0.5) is 0 Å². The average molecular weight is 372 g/mol. The molecule has 1 unspecified atom stereocenters. The van der Waals surface area contributed by atoms with Crippen molar-refractivity contribution in [1.29, 1.82) is 0 Å². The first-order chi connectivity index (χ1) is 12.2. The topological polar surface area (TPSA) is 38.3 Å². The Hall–Kier alpha value is -2.14. The van der Waals surface area contributed by atoms with Crippen LogP contribution in [0.25, 0.3) is 0 Å². The van der Waals surface area contributed by atoms with Gasteiger partial charge < -0.3 is 10.1 Å². The molecule has 0 aliphatic carbocycles. The molecule has 0 fully saturated rings. The Morgan fingerprint density at radius 2 is 1.80 bits per heavy atom. The van der Waals surface area contributed by atoms with Gasteiger partial charge in [0.2, 0.25) is 5.91 Å². The zero-order valence-electron chi connectivity index (χ0n) is 13.5. The Balaban J connectivity index is 1.62. The van der Waals surface area contributed by atoms with Crippen molar-refractivity contribution in [2.24, 2.45) is 0 Å². The maximum absolute atomic E-state index is 12.3. The average Bonchev–Trinajstić information content (AvgIpc) is 3.16. The molecule has 0 aliphatic heterocycles. The normalized spacial score (nSPS) is 11.9. The molecule has 3 nitrogen and oxygen atoms in total. The Kier molecular flexibility index (Phi) is 6.23. The number of benzene rings is 2. The van der Waals surface area contributed by atoms with Crippen LogP contribution in [-0.4, -0.2) is 12.5 Å². The molecule has 3 aromatic rings. The van der Waals surface area contributed by atoms with Crippen molar-refractivity contribution < 1.29 is 9.53 Å². The minimum Gasteiger partial charge on any atom is -0.367 e. The summed E-state index contributed by atoms with van der Waals surface area (Å²) in [6.07, 6.45) is 0. The molecule has 1 aromatic heterocycles. The van der Waals surface area contributed by atoms with Crippen LogP contribution in [0.3, 0.4) is 0 Å². The van der Waals surface area contributed by atoms with Crippen molar-refractivity contribution in [1.82, 2.24) is 5.32 Å². The fourth-order valence-electron chi connectivity index (χ4n) is 2.49. The molecule has 5 heteroatoms. The van der Waals surface area contributed by atoms with Gasteiger partial charge in [0.1, 0.15) is 6.61 Å².